The molecule has 2 N–H and O–H groups in total. The number of hydrogen-bond acceptors (Lipinski definition) is 0. The van der Waals surface area contributed by atoms with Gasteiger partial charge in [0.05, 0.1) is 0 Å². The second-order valence-corrected chi connectivity index (χ2v) is 0. The molecule has 0 unspecified atom stereocenters. The van der Waals surface area contributed by atoms with Crippen molar-refractivity contribution in [2.24, 2.45) is 0 Å². The van der Waals surface area contributed by atoms with Crippen molar-refractivity contribution in [2.45, 2.75) is 0 Å². The largest absolute Gasteiger partial charge is 1.00 e. The Hall–Kier alpha value is 1.42. The Kier molecular flexibility index (Phi) is 335. The predicted octanol–water partition coefficient (Wildman–Crippen LogP) is -4.74. The zero-order chi connectivity index (χ0) is 0. The van der Waals surface area contributed by atoms with E-state index < -0.39 is 0 Å². The minimum absolute atomic E-state index is 0. The fraction of sp³-hybridized carbons (Fsp3) is 0. The summed E-state index contributed by atoms with van der Waals surface area (Å²) in [5, 5.41) is 0. The van der Waals surface area contributed by atoms with Crippen LogP contribution in [0.3, 0.4) is 0 Å². The van der Waals surface area contributed by atoms with Gasteiger partial charge in [0.25, 0.3) is 0 Å². The Balaban J connectivity index is 0. The van der Waals surface area contributed by atoms with Gasteiger partial charge in [-0.2, -0.15) is 0 Å². The van der Waals surface area contributed by atoms with Gasteiger partial charge in [0, 0.05) is 0 Å². The molecule has 0 spiro atoms. The van der Waals surface area contributed by atoms with E-state index in [0.29, 0.717) is 0 Å². The van der Waals surface area contributed by atoms with Crippen LogP contribution in [0.15, 0.2) is 0 Å². The van der Waals surface area contributed by atoms with Crippen LogP contribution in [0.25, 0.3) is 0 Å². The molecule has 0 heterocycles. The second-order valence-electron chi connectivity index (χ2n) is 0. The first kappa shape index (κ1) is 52.4. The van der Waals surface area contributed by atoms with E-state index in [0.717, 1.165) is 0 Å². The van der Waals surface area contributed by atoms with Crippen LogP contribution in [0, 0.1) is 0 Å². The van der Waals surface area contributed by atoms with Crippen LogP contribution in [0.5, 0.6) is 0 Å². The molecule has 0 aliphatic carbocycles. The molecular formula is H7AlFNaO. The third-order valence-corrected chi connectivity index (χ3v) is 0. The van der Waals surface area contributed by atoms with Crippen molar-refractivity contribution in [3.63, 3.8) is 0 Å². The molecule has 0 aromatic carbocycles. The monoisotopic (exact) mass is 92.0 g/mol. The van der Waals surface area contributed by atoms with Gasteiger partial charge in [-0.25, -0.2) is 0 Å². The van der Waals surface area contributed by atoms with E-state index in [1.54, 1.807) is 0 Å². The third kappa shape index (κ3) is 9.93. The molecule has 0 bridgehead atoms. The molecule has 0 fully saturated rings. The van der Waals surface area contributed by atoms with Crippen molar-refractivity contribution in [2.75, 3.05) is 0 Å². The number of halogens is 1. The standard InChI is InChI=1S/Al.FH.Na.H2O.4H/h;1H;;1H2;;;;/q;;+1;;;;;-1. The molecule has 0 aliphatic rings. The van der Waals surface area contributed by atoms with Crippen LogP contribution >= 0.6 is 0 Å². The van der Waals surface area contributed by atoms with Crippen LogP contribution in [0.1, 0.15) is 1.43 Å². The summed E-state index contributed by atoms with van der Waals surface area (Å²) in [6, 6.07) is 0. The molecule has 4 heavy (non-hydrogen) atoms. The van der Waals surface area contributed by atoms with Crippen molar-refractivity contribution < 1.29 is 41.2 Å². The zero-order valence-electron chi connectivity index (χ0n) is 2.91. The van der Waals surface area contributed by atoms with Crippen LogP contribution in [-0.4, -0.2) is 22.8 Å². The average Bonchev–Trinajstić information content (AvgIpc) is 0. The van der Waals surface area contributed by atoms with Gasteiger partial charge in [-0.3, -0.25) is 4.70 Å². The van der Waals surface area contributed by atoms with Crippen molar-refractivity contribution in [3.8, 4) is 0 Å². The molecular weight excluding hydrogens is 85.0 g/mol. The van der Waals surface area contributed by atoms with E-state index in [9.17, 15) is 0 Å². The summed E-state index contributed by atoms with van der Waals surface area (Å²) in [4.78, 5) is 0. The molecule has 0 aromatic rings. The molecule has 0 aliphatic heterocycles. The first-order valence-electron chi connectivity index (χ1n) is 0. The van der Waals surface area contributed by atoms with E-state index in [1.165, 1.54) is 0 Å². The van der Waals surface area contributed by atoms with Crippen LogP contribution < -0.4 is 29.6 Å². The fourth-order valence-corrected chi connectivity index (χ4v) is 0. The fourth-order valence-electron chi connectivity index (χ4n) is 0. The first-order chi connectivity index (χ1) is 0. The minimum Gasteiger partial charge on any atom is -1.00 e. The van der Waals surface area contributed by atoms with Crippen molar-refractivity contribution in [3.05, 3.63) is 0 Å². The van der Waals surface area contributed by atoms with Crippen LogP contribution in [0.2, 0.25) is 0 Å². The van der Waals surface area contributed by atoms with Gasteiger partial charge in [0.2, 0.25) is 0 Å². The smallest absolute Gasteiger partial charge is 1.00 e. The van der Waals surface area contributed by atoms with Gasteiger partial charge in [-0.1, -0.05) is 0 Å². The first-order valence-corrected chi connectivity index (χ1v) is 0. The maximum atomic E-state index is 0. The zero-order valence-corrected chi connectivity index (χ0v) is 3.91. The summed E-state index contributed by atoms with van der Waals surface area (Å²) in [5.74, 6) is 0. The summed E-state index contributed by atoms with van der Waals surface area (Å²) >= 11 is 0. The molecule has 0 radical (unpaired) electrons. The van der Waals surface area contributed by atoms with E-state index in [-0.39, 0.29) is 58.5 Å². The Morgan fingerprint density at radius 3 is 1.25 bits per heavy atom. The molecule has 0 rings (SSSR count). The van der Waals surface area contributed by atoms with Crippen LogP contribution in [-0.2, 0) is 0 Å². The van der Waals surface area contributed by atoms with Gasteiger partial charge >= 0.3 is 29.6 Å². The number of rotatable bonds is 0. The molecule has 0 atom stereocenters. The summed E-state index contributed by atoms with van der Waals surface area (Å²) < 4.78 is 0. The Labute approximate surface area is 58.3 Å². The van der Waals surface area contributed by atoms with Gasteiger partial charge in [0.15, 0.2) is 17.4 Å². The van der Waals surface area contributed by atoms with E-state index >= 15 is 0 Å². The Bertz CT molecular complexity index is 11.6. The molecule has 1 nitrogen and oxygen atoms in total. The molecule has 0 aromatic heterocycles. The molecule has 0 saturated heterocycles. The summed E-state index contributed by atoms with van der Waals surface area (Å²) in [6.07, 6.45) is 0. The normalized spacial score (nSPS) is 0. The SMILES string of the molecule is F.O.[AlH3].[H-].[Na+]. The maximum Gasteiger partial charge on any atom is 1.00 e. The molecule has 0 saturated carbocycles. The third-order valence-electron chi connectivity index (χ3n) is 0. The van der Waals surface area contributed by atoms with Gasteiger partial charge < -0.3 is 6.90 Å². The maximum absolute atomic E-state index is 0. The molecule has 24 valence electrons. The summed E-state index contributed by atoms with van der Waals surface area (Å²) in [7, 11) is 0. The summed E-state index contributed by atoms with van der Waals surface area (Å²) in [6.45, 7) is 0. The van der Waals surface area contributed by atoms with Gasteiger partial charge in [-0.15, -0.1) is 0 Å². The Morgan fingerprint density at radius 1 is 1.25 bits per heavy atom. The van der Waals surface area contributed by atoms with Crippen molar-refractivity contribution >= 4 is 17.4 Å². The van der Waals surface area contributed by atoms with Gasteiger partial charge in [-0.05, 0) is 0 Å². The molecule has 0 amide bonds. The van der Waals surface area contributed by atoms with Crippen molar-refractivity contribution in [1.82, 2.24) is 0 Å². The molecule has 4 heteroatoms. The minimum atomic E-state index is 0. The van der Waals surface area contributed by atoms with E-state index in [2.05, 4.69) is 0 Å². The van der Waals surface area contributed by atoms with E-state index in [1.807, 2.05) is 0 Å². The van der Waals surface area contributed by atoms with Crippen molar-refractivity contribution in [1.29, 1.82) is 0 Å². The number of hydrogen-bond donors (Lipinski definition) is 0. The topological polar surface area (TPSA) is 31.5 Å². The van der Waals surface area contributed by atoms with Crippen LogP contribution in [0.4, 0.5) is 4.70 Å². The quantitative estimate of drug-likeness (QED) is 0.269. The second kappa shape index (κ2) is 25.6. The van der Waals surface area contributed by atoms with E-state index in [4.69, 9.17) is 0 Å². The average molecular weight is 92.0 g/mol. The van der Waals surface area contributed by atoms with Gasteiger partial charge in [0.1, 0.15) is 0 Å². The Morgan fingerprint density at radius 2 is 1.25 bits per heavy atom. The predicted molar refractivity (Wildman–Crippen MR) is 17.2 cm³/mol. The summed E-state index contributed by atoms with van der Waals surface area (Å²) in [5.41, 5.74) is 0.